The quantitative estimate of drug-likeness (QED) is 0.469. The van der Waals surface area contributed by atoms with Crippen LogP contribution in [0, 0.1) is 5.82 Å². The number of hydrogen-bond donors (Lipinski definition) is 0. The van der Waals surface area contributed by atoms with Crippen LogP contribution in [0.25, 0.3) is 0 Å². The van der Waals surface area contributed by atoms with Crippen LogP contribution in [0.4, 0.5) is 36.7 Å². The predicted octanol–water partition coefficient (Wildman–Crippen LogP) is 2.47. The van der Waals surface area contributed by atoms with Gasteiger partial charge in [0.25, 0.3) is 17.7 Å². The zero-order chi connectivity index (χ0) is 17.0. The minimum Gasteiger partial charge on any atom is -0.466 e. The lowest BCUT2D eigenvalue weighted by Crippen LogP contribution is -2.22. The third kappa shape index (κ3) is 5.91. The second kappa shape index (κ2) is 6.56. The van der Waals surface area contributed by atoms with Gasteiger partial charge in [-0.1, -0.05) is 0 Å². The van der Waals surface area contributed by atoms with Gasteiger partial charge in [0.1, 0.15) is 0 Å². The minimum absolute atomic E-state index is 0.875. The maximum Gasteiger partial charge on any atom is 0.422 e. The number of hydrogen-bond acceptors (Lipinski definition) is 6. The van der Waals surface area contributed by atoms with Crippen LogP contribution in [0.15, 0.2) is 4.99 Å². The molecule has 22 heavy (non-hydrogen) atoms. The van der Waals surface area contributed by atoms with Crippen molar-refractivity contribution in [3.8, 4) is 11.8 Å². The van der Waals surface area contributed by atoms with Gasteiger partial charge in [0.2, 0.25) is 11.9 Å². The molecule has 1 rings (SSSR count). The van der Waals surface area contributed by atoms with Gasteiger partial charge in [0.15, 0.2) is 13.2 Å². The standard InChI is InChI=1S/C9H4F7N3O3/c10-4-5(21-1-8(11,12)13)18-7(17-3-20)19-6(4)22-2-9(14,15)16/h1-2H2. The van der Waals surface area contributed by atoms with Gasteiger partial charge in [-0.2, -0.15) is 40.7 Å². The number of aliphatic imine (C=N–C) groups is 1. The molecule has 0 spiro atoms. The molecule has 0 fully saturated rings. The monoisotopic (exact) mass is 335 g/mol. The summed E-state index contributed by atoms with van der Waals surface area (Å²) < 4.78 is 93.3. The summed E-state index contributed by atoms with van der Waals surface area (Å²) in [5.74, 6) is -5.54. The van der Waals surface area contributed by atoms with Crippen LogP contribution in [-0.4, -0.2) is 41.6 Å². The van der Waals surface area contributed by atoms with Crippen LogP contribution in [0.1, 0.15) is 0 Å². The van der Waals surface area contributed by atoms with Crippen molar-refractivity contribution in [3.05, 3.63) is 5.82 Å². The van der Waals surface area contributed by atoms with E-state index < -0.39 is 49.1 Å². The van der Waals surface area contributed by atoms with Crippen molar-refractivity contribution >= 4 is 12.0 Å². The molecule has 1 heterocycles. The molecule has 0 saturated carbocycles. The highest BCUT2D eigenvalue weighted by Crippen LogP contribution is 2.28. The second-order valence-electron chi connectivity index (χ2n) is 3.46. The predicted molar refractivity (Wildman–Crippen MR) is 52.9 cm³/mol. The number of halogens is 7. The van der Waals surface area contributed by atoms with Gasteiger partial charge in [-0.05, 0) is 0 Å². The van der Waals surface area contributed by atoms with Gasteiger partial charge in [0.05, 0.1) is 0 Å². The molecule has 0 aliphatic carbocycles. The van der Waals surface area contributed by atoms with E-state index >= 15 is 0 Å². The van der Waals surface area contributed by atoms with Crippen molar-refractivity contribution in [1.82, 2.24) is 9.97 Å². The van der Waals surface area contributed by atoms with Crippen molar-refractivity contribution in [2.75, 3.05) is 13.2 Å². The lowest BCUT2D eigenvalue weighted by molar-refractivity contribution is -0.155. The van der Waals surface area contributed by atoms with E-state index in [1.807, 2.05) is 0 Å². The summed E-state index contributed by atoms with van der Waals surface area (Å²) in [6.07, 6.45) is -8.85. The smallest absolute Gasteiger partial charge is 0.422 e. The maximum atomic E-state index is 13.6. The van der Waals surface area contributed by atoms with Gasteiger partial charge in [-0.25, -0.2) is 4.79 Å². The fourth-order valence-corrected chi connectivity index (χ4v) is 0.979. The first-order valence-electron chi connectivity index (χ1n) is 5.06. The summed E-state index contributed by atoms with van der Waals surface area (Å²) in [7, 11) is 0. The number of alkyl halides is 6. The highest BCUT2D eigenvalue weighted by molar-refractivity contribution is 5.43. The lowest BCUT2D eigenvalue weighted by Gasteiger charge is -2.12. The Hall–Kier alpha value is -2.43. The topological polar surface area (TPSA) is 73.7 Å². The van der Waals surface area contributed by atoms with Gasteiger partial charge in [-0.3, -0.25) is 0 Å². The largest absolute Gasteiger partial charge is 0.466 e. The molecule has 1 aromatic rings. The molecule has 0 N–H and O–H groups in total. The molecule has 0 aliphatic rings. The van der Waals surface area contributed by atoms with E-state index in [1.54, 1.807) is 0 Å². The first-order chi connectivity index (χ1) is 10.0. The van der Waals surface area contributed by atoms with Crippen LogP contribution in [0.3, 0.4) is 0 Å². The Morgan fingerprint density at radius 2 is 1.36 bits per heavy atom. The van der Waals surface area contributed by atoms with E-state index in [2.05, 4.69) is 24.4 Å². The number of ether oxygens (including phenoxy) is 2. The highest BCUT2D eigenvalue weighted by Gasteiger charge is 2.32. The Morgan fingerprint density at radius 1 is 0.955 bits per heavy atom. The Morgan fingerprint density at radius 3 is 1.68 bits per heavy atom. The van der Waals surface area contributed by atoms with Crippen molar-refractivity contribution < 1.29 is 45.0 Å². The van der Waals surface area contributed by atoms with Crippen LogP contribution >= 0.6 is 0 Å². The molecular weight excluding hydrogens is 331 g/mol. The first-order valence-corrected chi connectivity index (χ1v) is 5.06. The normalized spacial score (nSPS) is 11.8. The van der Waals surface area contributed by atoms with E-state index in [0.717, 1.165) is 6.08 Å². The Kier molecular flexibility index (Phi) is 5.25. The zero-order valence-electron chi connectivity index (χ0n) is 10.1. The van der Waals surface area contributed by atoms with E-state index in [4.69, 9.17) is 0 Å². The molecule has 1 aromatic heterocycles. The fraction of sp³-hybridized carbons (Fsp3) is 0.444. The Labute approximate surface area is 116 Å². The number of nitrogens with zero attached hydrogens (tertiary/aromatic N) is 3. The number of aromatic nitrogens is 2. The number of rotatable bonds is 5. The molecule has 6 nitrogen and oxygen atoms in total. The summed E-state index contributed by atoms with van der Waals surface area (Å²) in [5.41, 5.74) is 0. The second-order valence-corrected chi connectivity index (χ2v) is 3.46. The average molecular weight is 335 g/mol. The summed E-state index contributed by atoms with van der Waals surface area (Å²) >= 11 is 0. The van der Waals surface area contributed by atoms with Crippen molar-refractivity contribution in [3.63, 3.8) is 0 Å². The third-order valence-electron chi connectivity index (χ3n) is 1.67. The molecule has 0 amide bonds. The maximum absolute atomic E-state index is 13.6. The van der Waals surface area contributed by atoms with Gasteiger partial charge in [0, 0.05) is 0 Å². The van der Waals surface area contributed by atoms with Crippen molar-refractivity contribution in [2.45, 2.75) is 12.4 Å². The van der Waals surface area contributed by atoms with Crippen LogP contribution in [-0.2, 0) is 4.79 Å². The van der Waals surface area contributed by atoms with E-state index in [1.165, 1.54) is 0 Å². The van der Waals surface area contributed by atoms with Gasteiger partial charge in [-0.15, -0.1) is 4.99 Å². The molecule has 0 aromatic carbocycles. The first kappa shape index (κ1) is 17.6. The highest BCUT2D eigenvalue weighted by atomic mass is 19.4. The molecule has 0 unspecified atom stereocenters. The SMILES string of the molecule is O=C=Nc1nc(OCC(F)(F)F)c(F)c(OCC(F)(F)F)n1. The molecule has 0 bridgehead atoms. The molecular formula is C9H4F7N3O3. The van der Waals surface area contributed by atoms with Crippen LogP contribution in [0.2, 0.25) is 0 Å². The molecule has 0 saturated heterocycles. The third-order valence-corrected chi connectivity index (χ3v) is 1.67. The molecule has 122 valence electrons. The Balaban J connectivity index is 3.09. The molecule has 13 heteroatoms. The summed E-state index contributed by atoms with van der Waals surface area (Å²) in [4.78, 5) is 18.7. The summed E-state index contributed by atoms with van der Waals surface area (Å²) in [6.45, 7) is -3.96. The van der Waals surface area contributed by atoms with Crippen molar-refractivity contribution in [2.24, 2.45) is 4.99 Å². The lowest BCUT2D eigenvalue weighted by atomic mass is 10.5. The molecule has 0 aliphatic heterocycles. The zero-order valence-corrected chi connectivity index (χ0v) is 10.1. The number of isocyanates is 1. The summed E-state index contributed by atoms with van der Waals surface area (Å²) in [6, 6.07) is 0. The van der Waals surface area contributed by atoms with E-state index in [9.17, 15) is 35.5 Å². The fourth-order valence-electron chi connectivity index (χ4n) is 0.979. The average Bonchev–Trinajstić information content (AvgIpc) is 2.35. The van der Waals surface area contributed by atoms with Crippen molar-refractivity contribution in [1.29, 1.82) is 0 Å². The minimum atomic E-state index is -4.86. The van der Waals surface area contributed by atoms with E-state index in [0.29, 0.717) is 0 Å². The Bertz CT molecular complexity index is 542. The van der Waals surface area contributed by atoms with Gasteiger partial charge < -0.3 is 9.47 Å². The molecule has 0 atom stereocenters. The van der Waals surface area contributed by atoms with E-state index in [-0.39, 0.29) is 0 Å². The van der Waals surface area contributed by atoms with Crippen LogP contribution < -0.4 is 9.47 Å². The van der Waals surface area contributed by atoms with Crippen LogP contribution in [0.5, 0.6) is 11.8 Å². The summed E-state index contributed by atoms with van der Waals surface area (Å²) in [5, 5.41) is 0. The van der Waals surface area contributed by atoms with Gasteiger partial charge >= 0.3 is 12.4 Å². The molecule has 0 radical (unpaired) electrons. The number of carbonyl (C=O) groups excluding carboxylic acids is 1.